The summed E-state index contributed by atoms with van der Waals surface area (Å²) in [5.41, 5.74) is 2.39. The van der Waals surface area contributed by atoms with Crippen molar-refractivity contribution in [2.45, 2.75) is 13.2 Å². The smallest absolute Gasteiger partial charge is 0.262 e. The van der Waals surface area contributed by atoms with Gasteiger partial charge in [-0.1, -0.05) is 36.4 Å². The van der Waals surface area contributed by atoms with Gasteiger partial charge >= 0.3 is 0 Å². The molecule has 0 fully saturated rings. The maximum Gasteiger partial charge on any atom is 0.262 e. The van der Waals surface area contributed by atoms with Crippen LogP contribution in [0.25, 0.3) is 6.08 Å². The number of hydrogen-bond acceptors (Lipinski definition) is 6. The molecule has 0 heterocycles. The molecule has 0 aliphatic carbocycles. The Hall–Kier alpha value is -4.44. The minimum absolute atomic E-state index is 0.0347. The van der Waals surface area contributed by atoms with Crippen molar-refractivity contribution in [3.8, 4) is 29.1 Å². The highest BCUT2D eigenvalue weighted by Gasteiger charge is 2.13. The van der Waals surface area contributed by atoms with Crippen LogP contribution < -0.4 is 24.3 Å². The van der Waals surface area contributed by atoms with E-state index in [1.54, 1.807) is 57.7 Å². The van der Waals surface area contributed by atoms with Crippen LogP contribution in [-0.2, 0) is 17.9 Å². The lowest BCUT2D eigenvalue weighted by Crippen LogP contribution is -2.24. The fourth-order valence-corrected chi connectivity index (χ4v) is 3.21. The molecule has 3 aromatic rings. The standard InChI is InChI=1S/C27H26N2O5/c1-31-23-11-10-21(25(15-23)32-2)17-29-27(30)22(16-28)13-20-9-12-24(26(14-20)33-3)34-18-19-7-5-4-6-8-19/h4-15H,17-18H2,1-3H3,(H,29,30)/b22-13+. The first-order valence-corrected chi connectivity index (χ1v) is 10.5. The molecule has 0 saturated heterocycles. The van der Waals surface area contributed by atoms with Crippen molar-refractivity contribution in [3.05, 3.63) is 89.0 Å². The zero-order chi connectivity index (χ0) is 24.3. The Morgan fingerprint density at radius 3 is 2.35 bits per heavy atom. The van der Waals surface area contributed by atoms with E-state index in [-0.39, 0.29) is 12.1 Å². The number of nitrogens with one attached hydrogen (secondary N) is 1. The SMILES string of the molecule is COc1ccc(CNC(=O)/C(C#N)=C/c2ccc(OCc3ccccc3)c(OC)c2)c(OC)c1. The zero-order valence-electron chi connectivity index (χ0n) is 19.3. The molecule has 0 aromatic heterocycles. The molecule has 1 amide bonds. The Kier molecular flexibility index (Phi) is 8.53. The van der Waals surface area contributed by atoms with Gasteiger partial charge in [0.25, 0.3) is 5.91 Å². The molecule has 7 heteroatoms. The second kappa shape index (κ2) is 12.0. The quantitative estimate of drug-likeness (QED) is 0.355. The summed E-state index contributed by atoms with van der Waals surface area (Å²) in [7, 11) is 4.65. The average molecular weight is 459 g/mol. The van der Waals surface area contributed by atoms with Crippen LogP contribution in [-0.4, -0.2) is 27.2 Å². The second-order valence-corrected chi connectivity index (χ2v) is 7.21. The van der Waals surface area contributed by atoms with E-state index in [4.69, 9.17) is 18.9 Å². The molecule has 3 aromatic carbocycles. The zero-order valence-corrected chi connectivity index (χ0v) is 19.3. The van der Waals surface area contributed by atoms with Crippen LogP contribution in [0.1, 0.15) is 16.7 Å². The van der Waals surface area contributed by atoms with Gasteiger partial charge in [-0.25, -0.2) is 0 Å². The van der Waals surface area contributed by atoms with Gasteiger partial charge in [0.1, 0.15) is 29.7 Å². The molecule has 0 aliphatic heterocycles. The number of hydrogen-bond donors (Lipinski definition) is 1. The highest BCUT2D eigenvalue weighted by atomic mass is 16.5. The van der Waals surface area contributed by atoms with Crippen molar-refractivity contribution in [2.24, 2.45) is 0 Å². The van der Waals surface area contributed by atoms with Gasteiger partial charge in [-0.2, -0.15) is 5.26 Å². The summed E-state index contributed by atoms with van der Waals surface area (Å²) in [6, 6.07) is 22.3. The van der Waals surface area contributed by atoms with Crippen molar-refractivity contribution >= 4 is 12.0 Å². The second-order valence-electron chi connectivity index (χ2n) is 7.21. The normalized spacial score (nSPS) is 10.7. The summed E-state index contributed by atoms with van der Waals surface area (Å²) in [6.45, 7) is 0.591. The predicted molar refractivity (Wildman–Crippen MR) is 129 cm³/mol. The monoisotopic (exact) mass is 458 g/mol. The third-order valence-electron chi connectivity index (χ3n) is 5.03. The molecule has 0 bridgehead atoms. The third kappa shape index (κ3) is 6.30. The van der Waals surface area contributed by atoms with Crippen LogP contribution in [0.15, 0.2) is 72.3 Å². The Balaban J connectivity index is 1.70. The molecule has 1 N–H and O–H groups in total. The topological polar surface area (TPSA) is 89.8 Å². The van der Waals surface area contributed by atoms with E-state index in [9.17, 15) is 10.1 Å². The molecule has 0 radical (unpaired) electrons. The first-order chi connectivity index (χ1) is 16.6. The molecule has 7 nitrogen and oxygen atoms in total. The molecule has 0 saturated carbocycles. The number of ether oxygens (including phenoxy) is 4. The summed E-state index contributed by atoms with van der Waals surface area (Å²) in [6.07, 6.45) is 1.50. The summed E-state index contributed by atoms with van der Waals surface area (Å²) in [4.78, 5) is 12.6. The molecule has 174 valence electrons. The van der Waals surface area contributed by atoms with Crippen LogP contribution in [0.3, 0.4) is 0 Å². The van der Waals surface area contributed by atoms with E-state index in [1.807, 2.05) is 36.4 Å². The lowest BCUT2D eigenvalue weighted by Gasteiger charge is -2.12. The number of nitriles is 1. The number of benzene rings is 3. The summed E-state index contributed by atoms with van der Waals surface area (Å²) >= 11 is 0. The van der Waals surface area contributed by atoms with Crippen LogP contribution in [0.4, 0.5) is 0 Å². The number of nitrogens with zero attached hydrogens (tertiary/aromatic N) is 1. The largest absolute Gasteiger partial charge is 0.497 e. The summed E-state index contributed by atoms with van der Waals surface area (Å²) in [5.74, 6) is 1.81. The summed E-state index contributed by atoms with van der Waals surface area (Å²) < 4.78 is 21.8. The molecule has 34 heavy (non-hydrogen) atoms. The maximum absolute atomic E-state index is 12.6. The number of carbonyl (C=O) groups is 1. The molecule has 0 atom stereocenters. The van der Waals surface area contributed by atoms with Crippen molar-refractivity contribution in [3.63, 3.8) is 0 Å². The van der Waals surface area contributed by atoms with Crippen LogP contribution in [0.5, 0.6) is 23.0 Å². The lowest BCUT2D eigenvalue weighted by atomic mass is 10.1. The number of carbonyl (C=O) groups excluding carboxylic acids is 1. The van der Waals surface area contributed by atoms with Crippen LogP contribution in [0, 0.1) is 11.3 Å². The van der Waals surface area contributed by atoms with Crippen LogP contribution >= 0.6 is 0 Å². The van der Waals surface area contributed by atoms with Crippen molar-refractivity contribution in [2.75, 3.05) is 21.3 Å². The van der Waals surface area contributed by atoms with E-state index in [0.29, 0.717) is 35.2 Å². The highest BCUT2D eigenvalue weighted by Crippen LogP contribution is 2.30. The van der Waals surface area contributed by atoms with Gasteiger partial charge in [0.2, 0.25) is 0 Å². The van der Waals surface area contributed by atoms with E-state index >= 15 is 0 Å². The van der Waals surface area contributed by atoms with Crippen LogP contribution in [0.2, 0.25) is 0 Å². The van der Waals surface area contributed by atoms with Gasteiger partial charge in [0.15, 0.2) is 11.5 Å². The average Bonchev–Trinajstić information content (AvgIpc) is 2.89. The molecule has 0 unspecified atom stereocenters. The van der Waals surface area contributed by atoms with Gasteiger partial charge in [-0.15, -0.1) is 0 Å². The van der Waals surface area contributed by atoms with E-state index in [2.05, 4.69) is 5.32 Å². The van der Waals surface area contributed by atoms with Gasteiger partial charge in [0.05, 0.1) is 21.3 Å². The summed E-state index contributed by atoms with van der Waals surface area (Å²) in [5, 5.41) is 12.3. The van der Waals surface area contributed by atoms with Gasteiger partial charge in [-0.05, 0) is 41.5 Å². The molecule has 3 rings (SSSR count). The Bertz CT molecular complexity index is 1200. The van der Waals surface area contributed by atoms with Gasteiger partial charge in [0, 0.05) is 18.2 Å². The minimum Gasteiger partial charge on any atom is -0.497 e. The fraction of sp³-hybridized carbons (Fsp3) is 0.185. The molecular formula is C27H26N2O5. The number of rotatable bonds is 10. The minimum atomic E-state index is -0.497. The number of methoxy groups -OCH3 is 3. The number of amides is 1. The van der Waals surface area contributed by atoms with E-state index in [1.165, 1.54) is 6.08 Å². The Morgan fingerprint density at radius 1 is 0.912 bits per heavy atom. The molecule has 0 spiro atoms. The maximum atomic E-state index is 12.6. The third-order valence-corrected chi connectivity index (χ3v) is 5.03. The molecule has 0 aliphatic rings. The van der Waals surface area contributed by atoms with E-state index < -0.39 is 5.91 Å². The molecular weight excluding hydrogens is 432 g/mol. The first kappa shape index (κ1) is 24.2. The fourth-order valence-electron chi connectivity index (χ4n) is 3.21. The Morgan fingerprint density at radius 2 is 1.68 bits per heavy atom. The van der Waals surface area contributed by atoms with Gasteiger partial charge < -0.3 is 24.3 Å². The van der Waals surface area contributed by atoms with Crippen molar-refractivity contribution in [1.82, 2.24) is 5.32 Å². The van der Waals surface area contributed by atoms with Crippen molar-refractivity contribution < 1.29 is 23.7 Å². The Labute approximate surface area is 199 Å². The van der Waals surface area contributed by atoms with Gasteiger partial charge in [-0.3, -0.25) is 4.79 Å². The van der Waals surface area contributed by atoms with E-state index in [0.717, 1.165) is 11.1 Å². The van der Waals surface area contributed by atoms with Crippen molar-refractivity contribution in [1.29, 1.82) is 5.26 Å². The first-order valence-electron chi connectivity index (χ1n) is 10.5. The highest BCUT2D eigenvalue weighted by molar-refractivity contribution is 6.01. The lowest BCUT2D eigenvalue weighted by molar-refractivity contribution is -0.117. The predicted octanol–water partition coefficient (Wildman–Crippen LogP) is 4.51.